The molecule has 2 aromatic carbocycles. The average Bonchev–Trinajstić information content (AvgIpc) is 2.45. The van der Waals surface area contributed by atoms with Crippen molar-refractivity contribution in [3.8, 4) is 17.6 Å². The fourth-order valence-corrected chi connectivity index (χ4v) is 2.08. The van der Waals surface area contributed by atoms with Gasteiger partial charge in [-0.3, -0.25) is 4.79 Å². The van der Waals surface area contributed by atoms with E-state index in [4.69, 9.17) is 10.00 Å². The Bertz CT molecular complexity index is 741. The number of rotatable bonds is 3. The van der Waals surface area contributed by atoms with Crippen molar-refractivity contribution in [2.24, 2.45) is 0 Å². The Morgan fingerprint density at radius 3 is 2.67 bits per heavy atom. The predicted molar refractivity (Wildman–Crippen MR) is 79.6 cm³/mol. The van der Waals surface area contributed by atoms with Crippen molar-refractivity contribution in [3.63, 3.8) is 0 Å². The lowest BCUT2D eigenvalue weighted by Crippen LogP contribution is -2.07. The number of ether oxygens (including phenoxy) is 1. The van der Waals surface area contributed by atoms with Crippen LogP contribution in [0.25, 0.3) is 0 Å². The Balaban J connectivity index is 2.38. The van der Waals surface area contributed by atoms with Gasteiger partial charge >= 0.3 is 0 Å². The second-order valence-electron chi connectivity index (χ2n) is 4.13. The Morgan fingerprint density at radius 1 is 1.29 bits per heavy atom. The Hall–Kier alpha value is -2.39. The highest BCUT2D eigenvalue weighted by atomic mass is 79.9. The summed E-state index contributed by atoms with van der Waals surface area (Å²) in [5.41, 5.74) is 0.611. The number of hydrogen-bond donors (Lipinski definition) is 1. The zero-order chi connectivity index (χ0) is 15.4. The van der Waals surface area contributed by atoms with Gasteiger partial charge in [0.05, 0.1) is 15.7 Å². The third-order valence-electron chi connectivity index (χ3n) is 2.59. The molecule has 21 heavy (non-hydrogen) atoms. The van der Waals surface area contributed by atoms with E-state index in [0.717, 1.165) is 0 Å². The fraction of sp³-hybridized carbons (Fsp3) is 0.0667. The van der Waals surface area contributed by atoms with Gasteiger partial charge < -0.3 is 10.1 Å². The van der Waals surface area contributed by atoms with Crippen LogP contribution in [0.15, 0.2) is 40.9 Å². The standard InChI is InChI=1S/C15H10BrFN2O2/c1-9(20)19-11-4-2-3-5-12(11)21-13-7-6-10(8-18)14(16)15(13)17/h2-7H,1H3,(H,19,20). The van der Waals surface area contributed by atoms with Crippen LogP contribution in [0.2, 0.25) is 0 Å². The second kappa shape index (κ2) is 6.37. The van der Waals surface area contributed by atoms with Crippen molar-refractivity contribution >= 4 is 27.5 Å². The first-order valence-electron chi connectivity index (χ1n) is 5.95. The van der Waals surface area contributed by atoms with Crippen molar-refractivity contribution < 1.29 is 13.9 Å². The minimum Gasteiger partial charge on any atom is -0.452 e. The molecule has 0 atom stereocenters. The van der Waals surface area contributed by atoms with Gasteiger partial charge in [-0.1, -0.05) is 12.1 Å². The molecule has 1 amide bonds. The predicted octanol–water partition coefficient (Wildman–Crippen LogP) is 4.21. The lowest BCUT2D eigenvalue weighted by Gasteiger charge is -2.12. The summed E-state index contributed by atoms with van der Waals surface area (Å²) in [6, 6.07) is 11.4. The van der Waals surface area contributed by atoms with Gasteiger partial charge in [0, 0.05) is 6.92 Å². The van der Waals surface area contributed by atoms with Crippen molar-refractivity contribution in [2.75, 3.05) is 5.32 Å². The lowest BCUT2D eigenvalue weighted by atomic mass is 10.2. The number of benzene rings is 2. The molecule has 0 fully saturated rings. The summed E-state index contributed by atoms with van der Waals surface area (Å²) < 4.78 is 19.7. The number of nitrogens with one attached hydrogen (secondary N) is 1. The number of carbonyl (C=O) groups is 1. The molecule has 2 rings (SSSR count). The highest BCUT2D eigenvalue weighted by Crippen LogP contribution is 2.34. The highest BCUT2D eigenvalue weighted by molar-refractivity contribution is 9.10. The van der Waals surface area contributed by atoms with E-state index in [1.54, 1.807) is 24.3 Å². The van der Waals surface area contributed by atoms with Crippen LogP contribution in [-0.2, 0) is 4.79 Å². The largest absolute Gasteiger partial charge is 0.452 e. The third-order valence-corrected chi connectivity index (χ3v) is 3.36. The molecule has 1 N–H and O–H groups in total. The summed E-state index contributed by atoms with van der Waals surface area (Å²) in [6.07, 6.45) is 0. The number of nitriles is 1. The molecule has 0 unspecified atom stereocenters. The van der Waals surface area contributed by atoms with Crippen LogP contribution in [0.3, 0.4) is 0 Å². The molecule has 0 aliphatic carbocycles. The number of halogens is 2. The van der Waals surface area contributed by atoms with Crippen LogP contribution in [0, 0.1) is 17.1 Å². The van der Waals surface area contributed by atoms with Gasteiger partial charge in [-0.2, -0.15) is 5.26 Å². The molecule has 0 aromatic heterocycles. The summed E-state index contributed by atoms with van der Waals surface area (Å²) in [4.78, 5) is 11.1. The van der Waals surface area contributed by atoms with Crippen molar-refractivity contribution in [2.45, 2.75) is 6.92 Å². The molecule has 6 heteroatoms. The monoisotopic (exact) mass is 348 g/mol. The van der Waals surface area contributed by atoms with E-state index < -0.39 is 5.82 Å². The van der Waals surface area contributed by atoms with E-state index in [9.17, 15) is 9.18 Å². The Morgan fingerprint density at radius 2 is 2.00 bits per heavy atom. The van der Waals surface area contributed by atoms with Crippen LogP contribution in [0.5, 0.6) is 11.5 Å². The number of nitrogens with zero attached hydrogens (tertiary/aromatic N) is 1. The minimum atomic E-state index is -0.674. The molecule has 0 spiro atoms. The molecule has 0 radical (unpaired) electrons. The Kier molecular flexibility index (Phi) is 4.55. The van der Waals surface area contributed by atoms with Gasteiger partial charge in [0.2, 0.25) is 5.91 Å². The van der Waals surface area contributed by atoms with E-state index in [1.165, 1.54) is 19.1 Å². The van der Waals surface area contributed by atoms with Crippen LogP contribution in [0.4, 0.5) is 10.1 Å². The summed E-state index contributed by atoms with van der Waals surface area (Å²) >= 11 is 3.02. The molecular formula is C15H10BrFN2O2. The molecule has 0 saturated heterocycles. The van der Waals surface area contributed by atoms with E-state index in [1.807, 2.05) is 6.07 Å². The number of hydrogen-bond acceptors (Lipinski definition) is 3. The molecule has 0 saturated carbocycles. The molecule has 2 aromatic rings. The first-order chi connectivity index (χ1) is 10.0. The van der Waals surface area contributed by atoms with E-state index >= 15 is 0 Å². The summed E-state index contributed by atoms with van der Waals surface area (Å²) in [7, 11) is 0. The Labute approximate surface area is 129 Å². The van der Waals surface area contributed by atoms with Gasteiger partial charge in [0.15, 0.2) is 17.3 Å². The normalized spacial score (nSPS) is 9.81. The zero-order valence-electron chi connectivity index (χ0n) is 11.0. The van der Waals surface area contributed by atoms with Gasteiger partial charge in [-0.05, 0) is 40.2 Å². The van der Waals surface area contributed by atoms with Crippen molar-refractivity contribution in [1.29, 1.82) is 5.26 Å². The SMILES string of the molecule is CC(=O)Nc1ccccc1Oc1ccc(C#N)c(Br)c1F. The highest BCUT2D eigenvalue weighted by Gasteiger charge is 2.14. The first kappa shape index (κ1) is 15.0. The lowest BCUT2D eigenvalue weighted by molar-refractivity contribution is -0.114. The van der Waals surface area contributed by atoms with E-state index in [0.29, 0.717) is 11.4 Å². The number of para-hydroxylation sites is 2. The van der Waals surface area contributed by atoms with Crippen LogP contribution >= 0.6 is 15.9 Å². The summed E-state index contributed by atoms with van der Waals surface area (Å²) in [5.74, 6) is -0.666. The number of amides is 1. The van der Waals surface area contributed by atoms with Gasteiger partial charge in [0.25, 0.3) is 0 Å². The second-order valence-corrected chi connectivity index (χ2v) is 4.92. The number of carbonyl (C=O) groups excluding carboxylic acids is 1. The summed E-state index contributed by atoms with van der Waals surface area (Å²) in [6.45, 7) is 1.37. The molecule has 0 heterocycles. The molecule has 0 bridgehead atoms. The third kappa shape index (κ3) is 3.38. The van der Waals surface area contributed by atoms with Crippen molar-refractivity contribution in [3.05, 3.63) is 52.3 Å². The van der Waals surface area contributed by atoms with Gasteiger partial charge in [0.1, 0.15) is 6.07 Å². The molecule has 106 valence electrons. The van der Waals surface area contributed by atoms with Crippen LogP contribution in [-0.4, -0.2) is 5.91 Å². The van der Waals surface area contributed by atoms with Crippen molar-refractivity contribution in [1.82, 2.24) is 0 Å². The minimum absolute atomic E-state index is 0.0412. The average molecular weight is 349 g/mol. The zero-order valence-corrected chi connectivity index (χ0v) is 12.6. The van der Waals surface area contributed by atoms with Crippen LogP contribution < -0.4 is 10.1 Å². The fourth-order valence-electron chi connectivity index (χ4n) is 1.66. The van der Waals surface area contributed by atoms with E-state index in [2.05, 4.69) is 21.2 Å². The van der Waals surface area contributed by atoms with E-state index in [-0.39, 0.29) is 21.7 Å². The quantitative estimate of drug-likeness (QED) is 0.903. The molecule has 4 nitrogen and oxygen atoms in total. The maximum absolute atomic E-state index is 14.1. The smallest absolute Gasteiger partial charge is 0.221 e. The number of anilines is 1. The van der Waals surface area contributed by atoms with Gasteiger partial charge in [-0.15, -0.1) is 0 Å². The molecule has 0 aliphatic heterocycles. The molecular weight excluding hydrogens is 339 g/mol. The van der Waals surface area contributed by atoms with Crippen LogP contribution in [0.1, 0.15) is 12.5 Å². The summed E-state index contributed by atoms with van der Waals surface area (Å²) in [5, 5.41) is 11.4. The maximum Gasteiger partial charge on any atom is 0.221 e. The first-order valence-corrected chi connectivity index (χ1v) is 6.74. The maximum atomic E-state index is 14.1. The molecule has 0 aliphatic rings. The van der Waals surface area contributed by atoms with Gasteiger partial charge in [-0.25, -0.2) is 4.39 Å². The topological polar surface area (TPSA) is 62.1 Å².